The number of piperidine rings is 1. The van der Waals surface area contributed by atoms with Crippen LogP contribution in [0.15, 0.2) is 36.7 Å². The van der Waals surface area contributed by atoms with Crippen molar-refractivity contribution in [3.8, 4) is 0 Å². The summed E-state index contributed by atoms with van der Waals surface area (Å²) in [4.78, 5) is 38.4. The van der Waals surface area contributed by atoms with Gasteiger partial charge < -0.3 is 15.1 Å². The number of hydrogen-bond acceptors (Lipinski definition) is 5. The molecule has 0 radical (unpaired) electrons. The van der Waals surface area contributed by atoms with Crippen LogP contribution in [0.4, 0.5) is 5.95 Å². The summed E-state index contributed by atoms with van der Waals surface area (Å²) in [5.74, 6) is 0.285. The average Bonchev–Trinajstić information content (AvgIpc) is 3.26. The topological polar surface area (TPSA) is 78.4 Å². The number of likely N-dealkylation sites (tertiary alicyclic amines) is 1. The van der Waals surface area contributed by atoms with Crippen molar-refractivity contribution in [3.63, 3.8) is 0 Å². The number of carbonyl (C=O) groups is 2. The molecule has 4 rings (SSSR count). The number of benzene rings is 1. The zero-order valence-electron chi connectivity index (χ0n) is 16.4. The normalized spacial score (nSPS) is 21.5. The molecule has 3 heterocycles. The van der Waals surface area contributed by atoms with E-state index in [2.05, 4.69) is 20.2 Å². The second-order valence-electron chi connectivity index (χ2n) is 7.62. The highest BCUT2D eigenvalue weighted by Gasteiger charge is 2.36. The molecule has 1 N–H and O–H groups in total. The first kappa shape index (κ1) is 20.9. The van der Waals surface area contributed by atoms with Gasteiger partial charge in [-0.25, -0.2) is 9.97 Å². The van der Waals surface area contributed by atoms with Crippen LogP contribution in [0.5, 0.6) is 0 Å². The summed E-state index contributed by atoms with van der Waals surface area (Å²) in [6, 6.07) is 6.06. The summed E-state index contributed by atoms with van der Waals surface area (Å²) < 4.78 is 0. The molecule has 2 amide bonds. The van der Waals surface area contributed by atoms with E-state index in [1.165, 1.54) is 0 Å². The number of hydrogen-bond donors (Lipinski definition) is 1. The minimum Gasteiger partial charge on any atom is -0.350 e. The fourth-order valence-corrected chi connectivity index (χ4v) is 4.50. The Balaban J connectivity index is 1.42. The number of halogens is 2. The molecule has 0 spiro atoms. The molecule has 2 aromatic rings. The molecule has 2 aliphatic heterocycles. The molecule has 30 heavy (non-hydrogen) atoms. The van der Waals surface area contributed by atoms with E-state index in [-0.39, 0.29) is 17.9 Å². The SMILES string of the molecule is O=C(NC1CCCN(c2ncccn2)C1)C1CCCN1C(=O)c1cc(Cl)ccc1Cl. The number of amides is 2. The van der Waals surface area contributed by atoms with Crippen molar-refractivity contribution in [1.29, 1.82) is 0 Å². The van der Waals surface area contributed by atoms with Gasteiger partial charge in [-0.1, -0.05) is 23.2 Å². The second-order valence-corrected chi connectivity index (χ2v) is 8.47. The Hall–Kier alpha value is -2.38. The van der Waals surface area contributed by atoms with E-state index >= 15 is 0 Å². The summed E-state index contributed by atoms with van der Waals surface area (Å²) in [6.45, 7) is 2.03. The summed E-state index contributed by atoms with van der Waals surface area (Å²) in [5, 5.41) is 3.91. The minimum absolute atomic E-state index is 0.0117. The number of nitrogens with one attached hydrogen (secondary N) is 1. The lowest BCUT2D eigenvalue weighted by molar-refractivity contribution is -0.125. The van der Waals surface area contributed by atoms with Gasteiger partial charge in [0.05, 0.1) is 10.6 Å². The van der Waals surface area contributed by atoms with Crippen molar-refractivity contribution in [2.75, 3.05) is 24.5 Å². The standard InChI is InChI=1S/C21H23Cl2N5O2/c22-14-6-7-17(23)16(12-14)20(30)28-11-2-5-18(28)19(29)26-15-4-1-10-27(13-15)21-24-8-3-9-25-21/h3,6-9,12,15,18H,1-2,4-5,10-11,13H2,(H,26,29). The summed E-state index contributed by atoms with van der Waals surface area (Å²) in [6.07, 6.45) is 6.66. The first-order valence-corrected chi connectivity index (χ1v) is 10.9. The third kappa shape index (κ3) is 4.52. The molecule has 0 aliphatic carbocycles. The predicted molar refractivity (Wildman–Crippen MR) is 116 cm³/mol. The quantitative estimate of drug-likeness (QED) is 0.778. The first-order chi connectivity index (χ1) is 14.5. The Labute approximate surface area is 185 Å². The van der Waals surface area contributed by atoms with E-state index in [4.69, 9.17) is 23.2 Å². The predicted octanol–water partition coefficient (Wildman–Crippen LogP) is 3.17. The van der Waals surface area contributed by atoms with E-state index in [9.17, 15) is 9.59 Å². The maximum atomic E-state index is 13.0. The molecule has 2 atom stereocenters. The molecule has 2 unspecified atom stereocenters. The van der Waals surface area contributed by atoms with Crippen molar-refractivity contribution in [3.05, 3.63) is 52.3 Å². The van der Waals surface area contributed by atoms with Crippen LogP contribution < -0.4 is 10.2 Å². The van der Waals surface area contributed by atoms with Crippen LogP contribution in [0.25, 0.3) is 0 Å². The fourth-order valence-electron chi connectivity index (χ4n) is 4.13. The Morgan fingerprint density at radius 1 is 1.07 bits per heavy atom. The van der Waals surface area contributed by atoms with E-state index in [1.807, 2.05) is 0 Å². The highest BCUT2D eigenvalue weighted by Crippen LogP contribution is 2.26. The largest absolute Gasteiger partial charge is 0.350 e. The van der Waals surface area contributed by atoms with Crippen molar-refractivity contribution in [1.82, 2.24) is 20.2 Å². The molecule has 0 bridgehead atoms. The lowest BCUT2D eigenvalue weighted by Crippen LogP contribution is -2.53. The van der Waals surface area contributed by atoms with Crippen LogP contribution in [0.1, 0.15) is 36.0 Å². The second kappa shape index (κ2) is 9.18. The molecular weight excluding hydrogens is 425 g/mol. The highest BCUT2D eigenvalue weighted by atomic mass is 35.5. The number of aromatic nitrogens is 2. The summed E-state index contributed by atoms with van der Waals surface area (Å²) >= 11 is 12.2. The zero-order valence-corrected chi connectivity index (χ0v) is 17.9. The van der Waals surface area contributed by atoms with Crippen LogP contribution >= 0.6 is 23.2 Å². The summed E-state index contributed by atoms with van der Waals surface area (Å²) in [5.41, 5.74) is 0.328. The lowest BCUT2D eigenvalue weighted by Gasteiger charge is -2.34. The lowest BCUT2D eigenvalue weighted by atomic mass is 10.0. The fraction of sp³-hybridized carbons (Fsp3) is 0.429. The van der Waals surface area contributed by atoms with Gasteiger partial charge in [0, 0.05) is 43.1 Å². The van der Waals surface area contributed by atoms with Crippen LogP contribution in [0.3, 0.4) is 0 Å². The molecule has 9 heteroatoms. The number of nitrogens with zero attached hydrogens (tertiary/aromatic N) is 4. The molecular formula is C21H23Cl2N5O2. The minimum atomic E-state index is -0.504. The van der Waals surface area contributed by atoms with Gasteiger partial charge in [0.25, 0.3) is 5.91 Å². The number of rotatable bonds is 4. The van der Waals surface area contributed by atoms with E-state index < -0.39 is 6.04 Å². The third-order valence-corrected chi connectivity index (χ3v) is 6.14. The molecule has 7 nitrogen and oxygen atoms in total. The molecule has 2 fully saturated rings. The van der Waals surface area contributed by atoms with Gasteiger partial charge in [0.2, 0.25) is 11.9 Å². The van der Waals surface area contributed by atoms with Crippen LogP contribution in [-0.4, -0.2) is 58.4 Å². The molecule has 158 valence electrons. The first-order valence-electron chi connectivity index (χ1n) is 10.1. The molecule has 1 aromatic carbocycles. The monoisotopic (exact) mass is 447 g/mol. The van der Waals surface area contributed by atoms with Crippen molar-refractivity contribution >= 4 is 41.0 Å². The van der Waals surface area contributed by atoms with Gasteiger partial charge in [0.15, 0.2) is 0 Å². The van der Waals surface area contributed by atoms with Crippen LogP contribution in [-0.2, 0) is 4.79 Å². The Morgan fingerprint density at radius 2 is 1.83 bits per heavy atom. The molecule has 2 aliphatic rings. The zero-order chi connectivity index (χ0) is 21.1. The van der Waals surface area contributed by atoms with E-state index in [0.29, 0.717) is 41.1 Å². The Bertz CT molecular complexity index is 927. The van der Waals surface area contributed by atoms with Crippen molar-refractivity contribution in [2.45, 2.75) is 37.8 Å². The van der Waals surface area contributed by atoms with Gasteiger partial charge >= 0.3 is 0 Å². The smallest absolute Gasteiger partial charge is 0.256 e. The van der Waals surface area contributed by atoms with Crippen molar-refractivity contribution < 1.29 is 9.59 Å². The maximum absolute atomic E-state index is 13.0. The Morgan fingerprint density at radius 3 is 2.63 bits per heavy atom. The van der Waals surface area contributed by atoms with Gasteiger partial charge in [0.1, 0.15) is 6.04 Å². The third-order valence-electron chi connectivity index (χ3n) is 5.58. The van der Waals surface area contributed by atoms with Gasteiger partial charge in [-0.05, 0) is 49.9 Å². The summed E-state index contributed by atoms with van der Waals surface area (Å²) in [7, 11) is 0. The van der Waals surface area contributed by atoms with Crippen LogP contribution in [0, 0.1) is 0 Å². The molecule has 0 saturated carbocycles. The number of carbonyl (C=O) groups excluding carboxylic acids is 2. The average molecular weight is 448 g/mol. The maximum Gasteiger partial charge on any atom is 0.256 e. The van der Waals surface area contributed by atoms with Gasteiger partial charge in [-0.15, -0.1) is 0 Å². The van der Waals surface area contributed by atoms with Gasteiger partial charge in [-0.3, -0.25) is 9.59 Å². The van der Waals surface area contributed by atoms with E-state index in [1.54, 1.807) is 41.6 Å². The van der Waals surface area contributed by atoms with Gasteiger partial charge in [-0.2, -0.15) is 0 Å². The highest BCUT2D eigenvalue weighted by molar-refractivity contribution is 6.35. The number of anilines is 1. The Kier molecular flexibility index (Phi) is 6.39. The van der Waals surface area contributed by atoms with Crippen molar-refractivity contribution in [2.24, 2.45) is 0 Å². The molecule has 2 saturated heterocycles. The van der Waals surface area contributed by atoms with Crippen LogP contribution in [0.2, 0.25) is 10.0 Å². The molecule has 1 aromatic heterocycles. The van der Waals surface area contributed by atoms with E-state index in [0.717, 1.165) is 25.8 Å².